The lowest BCUT2D eigenvalue weighted by Gasteiger charge is -2.31. The number of nitrogens with zero attached hydrogens (tertiary/aromatic N) is 1. The molecule has 0 saturated carbocycles. The molecule has 0 radical (unpaired) electrons. The second kappa shape index (κ2) is 5.69. The number of carboxylic acid groups (broad SMARTS) is 1. The maximum absolute atomic E-state index is 11.7. The molecule has 0 aromatic heterocycles. The third-order valence-corrected chi connectivity index (χ3v) is 2.72. The first-order valence-corrected chi connectivity index (χ1v) is 5.43. The van der Waals surface area contributed by atoms with E-state index >= 15 is 0 Å². The summed E-state index contributed by atoms with van der Waals surface area (Å²) >= 11 is 0. The summed E-state index contributed by atoms with van der Waals surface area (Å²) in [6.45, 7) is 2.75. The van der Waals surface area contributed by atoms with Gasteiger partial charge in [0.1, 0.15) is 0 Å². The molecule has 1 aliphatic rings. The number of carboxylic acids is 1. The molecule has 1 rings (SSSR count). The van der Waals surface area contributed by atoms with E-state index in [9.17, 15) is 9.59 Å². The summed E-state index contributed by atoms with van der Waals surface area (Å²) in [5.74, 6) is -0.780. The Morgan fingerprint density at radius 1 is 1.56 bits per heavy atom. The lowest BCUT2D eigenvalue weighted by atomic mass is 10.0. The van der Waals surface area contributed by atoms with Crippen LogP contribution in [-0.4, -0.2) is 52.9 Å². The molecule has 0 aromatic rings. The van der Waals surface area contributed by atoms with Crippen LogP contribution >= 0.6 is 0 Å². The zero-order valence-corrected chi connectivity index (χ0v) is 9.35. The van der Waals surface area contributed by atoms with Crippen LogP contribution in [-0.2, 0) is 4.79 Å². The number of urea groups is 1. The molecule has 1 unspecified atom stereocenters. The number of carbonyl (C=O) groups is 2. The molecule has 16 heavy (non-hydrogen) atoms. The molecule has 0 bridgehead atoms. The molecular formula is C10H18N2O4. The van der Waals surface area contributed by atoms with E-state index in [1.54, 1.807) is 4.90 Å². The first kappa shape index (κ1) is 12.8. The Bertz CT molecular complexity index is 270. The second-order valence-corrected chi connectivity index (χ2v) is 4.22. The maximum Gasteiger partial charge on any atom is 0.328 e. The van der Waals surface area contributed by atoms with Crippen LogP contribution in [0.25, 0.3) is 0 Å². The lowest BCUT2D eigenvalue weighted by Crippen LogP contribution is -2.51. The highest BCUT2D eigenvalue weighted by Gasteiger charge is 2.25. The number of aliphatic hydroxyl groups excluding tert-OH is 1. The quantitative estimate of drug-likeness (QED) is 0.630. The van der Waals surface area contributed by atoms with Gasteiger partial charge in [-0.05, 0) is 18.8 Å². The van der Waals surface area contributed by atoms with Gasteiger partial charge in [-0.2, -0.15) is 0 Å². The number of nitrogens with one attached hydrogen (secondary N) is 1. The fraction of sp³-hybridized carbons (Fsp3) is 0.800. The highest BCUT2D eigenvalue weighted by Crippen LogP contribution is 2.15. The standard InChI is InChI=1S/C10H18N2O4/c1-7-3-2-4-12(5-7)10(16)11-8(6-13)9(14)15/h7-8,13H,2-6H2,1H3,(H,11,16)(H,14,15)/t7?,8-/m0/s1. The molecule has 1 fully saturated rings. The number of likely N-dealkylation sites (tertiary alicyclic amines) is 1. The summed E-state index contributed by atoms with van der Waals surface area (Å²) in [5.41, 5.74) is 0. The molecule has 0 aliphatic carbocycles. The Labute approximate surface area is 94.2 Å². The number of aliphatic hydroxyl groups is 1. The number of hydrogen-bond acceptors (Lipinski definition) is 3. The molecule has 92 valence electrons. The molecule has 1 saturated heterocycles. The van der Waals surface area contributed by atoms with E-state index in [1.165, 1.54) is 0 Å². The van der Waals surface area contributed by atoms with E-state index < -0.39 is 24.6 Å². The zero-order chi connectivity index (χ0) is 12.1. The van der Waals surface area contributed by atoms with Crippen LogP contribution in [0.1, 0.15) is 19.8 Å². The van der Waals surface area contributed by atoms with Gasteiger partial charge in [-0.15, -0.1) is 0 Å². The van der Waals surface area contributed by atoms with Gasteiger partial charge in [0.05, 0.1) is 6.61 Å². The molecule has 6 heteroatoms. The van der Waals surface area contributed by atoms with E-state index in [-0.39, 0.29) is 0 Å². The van der Waals surface area contributed by atoms with Gasteiger partial charge in [-0.1, -0.05) is 6.92 Å². The Balaban J connectivity index is 2.47. The Hall–Kier alpha value is -1.30. The molecule has 0 spiro atoms. The lowest BCUT2D eigenvalue weighted by molar-refractivity contribution is -0.140. The van der Waals surface area contributed by atoms with Crippen LogP contribution in [0.4, 0.5) is 4.79 Å². The van der Waals surface area contributed by atoms with Crippen molar-refractivity contribution in [2.24, 2.45) is 5.92 Å². The topological polar surface area (TPSA) is 89.9 Å². The zero-order valence-electron chi connectivity index (χ0n) is 9.35. The van der Waals surface area contributed by atoms with Crippen molar-refractivity contribution in [1.29, 1.82) is 0 Å². The van der Waals surface area contributed by atoms with Gasteiger partial charge in [-0.25, -0.2) is 9.59 Å². The molecular weight excluding hydrogens is 212 g/mol. The van der Waals surface area contributed by atoms with Crippen molar-refractivity contribution in [3.05, 3.63) is 0 Å². The van der Waals surface area contributed by atoms with Gasteiger partial charge in [0.25, 0.3) is 0 Å². The van der Waals surface area contributed by atoms with Crippen LogP contribution in [0.2, 0.25) is 0 Å². The minimum absolute atomic E-state index is 0.409. The van der Waals surface area contributed by atoms with Crippen LogP contribution < -0.4 is 5.32 Å². The Morgan fingerprint density at radius 2 is 2.25 bits per heavy atom. The van der Waals surface area contributed by atoms with Crippen LogP contribution in [0, 0.1) is 5.92 Å². The van der Waals surface area contributed by atoms with Gasteiger partial charge < -0.3 is 20.4 Å². The minimum atomic E-state index is -1.22. The average molecular weight is 230 g/mol. The Morgan fingerprint density at radius 3 is 2.75 bits per heavy atom. The number of amides is 2. The summed E-state index contributed by atoms with van der Waals surface area (Å²) in [6, 6.07) is -1.63. The van der Waals surface area contributed by atoms with Gasteiger partial charge in [-0.3, -0.25) is 0 Å². The van der Waals surface area contributed by atoms with Crippen LogP contribution in [0.5, 0.6) is 0 Å². The van der Waals surface area contributed by atoms with E-state index in [1.807, 2.05) is 0 Å². The maximum atomic E-state index is 11.7. The van der Waals surface area contributed by atoms with Crippen molar-refractivity contribution in [2.75, 3.05) is 19.7 Å². The van der Waals surface area contributed by atoms with Gasteiger partial charge in [0.15, 0.2) is 6.04 Å². The summed E-state index contributed by atoms with van der Waals surface area (Å²) < 4.78 is 0. The summed E-state index contributed by atoms with van der Waals surface area (Å²) in [4.78, 5) is 23.9. The van der Waals surface area contributed by atoms with Gasteiger partial charge >= 0.3 is 12.0 Å². The summed E-state index contributed by atoms with van der Waals surface area (Å²) in [7, 11) is 0. The highest BCUT2D eigenvalue weighted by molar-refractivity contribution is 5.82. The van der Waals surface area contributed by atoms with E-state index in [0.717, 1.165) is 12.8 Å². The van der Waals surface area contributed by atoms with Crippen molar-refractivity contribution in [2.45, 2.75) is 25.8 Å². The van der Waals surface area contributed by atoms with Gasteiger partial charge in [0.2, 0.25) is 0 Å². The minimum Gasteiger partial charge on any atom is -0.480 e. The normalized spacial score (nSPS) is 22.6. The molecule has 0 aromatic carbocycles. The smallest absolute Gasteiger partial charge is 0.328 e. The van der Waals surface area contributed by atoms with Crippen molar-refractivity contribution in [3.63, 3.8) is 0 Å². The van der Waals surface area contributed by atoms with E-state index in [0.29, 0.717) is 19.0 Å². The Kier molecular flexibility index (Phi) is 4.54. The largest absolute Gasteiger partial charge is 0.480 e. The third kappa shape index (κ3) is 3.37. The molecule has 6 nitrogen and oxygen atoms in total. The van der Waals surface area contributed by atoms with Crippen molar-refractivity contribution >= 4 is 12.0 Å². The summed E-state index contributed by atoms with van der Waals surface area (Å²) in [5, 5.41) is 19.8. The van der Waals surface area contributed by atoms with Crippen LogP contribution in [0.15, 0.2) is 0 Å². The van der Waals surface area contributed by atoms with E-state index in [4.69, 9.17) is 10.2 Å². The molecule has 1 aliphatic heterocycles. The fourth-order valence-corrected chi connectivity index (χ4v) is 1.80. The van der Waals surface area contributed by atoms with Crippen LogP contribution in [0.3, 0.4) is 0 Å². The second-order valence-electron chi connectivity index (χ2n) is 4.22. The first-order chi connectivity index (χ1) is 7.54. The third-order valence-electron chi connectivity index (χ3n) is 2.72. The highest BCUT2D eigenvalue weighted by atomic mass is 16.4. The van der Waals surface area contributed by atoms with Crippen molar-refractivity contribution in [1.82, 2.24) is 10.2 Å². The molecule has 2 amide bonds. The van der Waals surface area contributed by atoms with Crippen molar-refractivity contribution < 1.29 is 19.8 Å². The number of carbonyl (C=O) groups excluding carboxylic acids is 1. The molecule has 1 heterocycles. The fourth-order valence-electron chi connectivity index (χ4n) is 1.80. The monoisotopic (exact) mass is 230 g/mol. The number of aliphatic carboxylic acids is 1. The van der Waals surface area contributed by atoms with E-state index in [2.05, 4.69) is 12.2 Å². The number of hydrogen-bond donors (Lipinski definition) is 3. The SMILES string of the molecule is CC1CCCN(C(=O)N[C@@H](CO)C(=O)O)C1. The predicted molar refractivity (Wildman–Crippen MR) is 57.0 cm³/mol. The predicted octanol–water partition coefficient (Wildman–Crippen LogP) is -0.127. The first-order valence-electron chi connectivity index (χ1n) is 5.43. The molecule has 2 atom stereocenters. The number of piperidine rings is 1. The van der Waals surface area contributed by atoms with Crippen molar-refractivity contribution in [3.8, 4) is 0 Å². The van der Waals surface area contributed by atoms with Gasteiger partial charge in [0, 0.05) is 13.1 Å². The summed E-state index contributed by atoms with van der Waals surface area (Å²) in [6.07, 6.45) is 2.03. The average Bonchev–Trinajstić information content (AvgIpc) is 2.25. The molecule has 3 N–H and O–H groups in total. The number of rotatable bonds is 3.